The minimum absolute atomic E-state index is 0. The van der Waals surface area contributed by atoms with E-state index in [0.717, 1.165) is 0 Å². The largest absolute Gasteiger partial charge is 0.470 e. The van der Waals surface area contributed by atoms with Crippen molar-refractivity contribution < 1.29 is 85.7 Å². The molecule has 0 aliphatic heterocycles. The van der Waals surface area contributed by atoms with Gasteiger partial charge in [0.15, 0.2) is 0 Å². The van der Waals surface area contributed by atoms with E-state index in [2.05, 4.69) is 18.1 Å². The minimum Gasteiger partial charge on any atom is -0.387 e. The summed E-state index contributed by atoms with van der Waals surface area (Å²) in [4.78, 5) is 71.1. The maximum atomic E-state index is 11.1. The van der Waals surface area contributed by atoms with Crippen LogP contribution in [0, 0.1) is 0 Å². The third kappa shape index (κ3) is 9.99. The summed E-state index contributed by atoms with van der Waals surface area (Å²) < 4.78 is 60.6. The highest BCUT2D eigenvalue weighted by atomic mass is 31.2. The van der Waals surface area contributed by atoms with Gasteiger partial charge in [0, 0.05) is 0 Å². The second kappa shape index (κ2) is 9.85. The molecule has 13 N–H and O–H groups in total. The number of phosphoric ester groups is 4. The van der Waals surface area contributed by atoms with E-state index in [1.165, 1.54) is 0 Å². The molecule has 1 aliphatic rings. The Kier molecular flexibility index (Phi) is 9.96. The molecule has 1 aliphatic carbocycles. The lowest BCUT2D eigenvalue weighted by atomic mass is 9.85. The molecule has 176 valence electrons. The van der Waals surface area contributed by atoms with Crippen molar-refractivity contribution in [2.24, 2.45) is 0 Å². The molecule has 0 aromatic carbocycles. The van der Waals surface area contributed by atoms with Crippen LogP contribution in [0.15, 0.2) is 0 Å². The average Bonchev–Trinajstić information content (AvgIpc) is 2.39. The van der Waals surface area contributed by atoms with Crippen molar-refractivity contribution >= 4 is 31.3 Å². The fourth-order valence-corrected chi connectivity index (χ4v) is 4.51. The zero-order chi connectivity index (χ0) is 22.3. The number of hydrogen-bond acceptors (Lipinski definition) is 11. The van der Waals surface area contributed by atoms with E-state index in [9.17, 15) is 28.5 Å². The molecular formula is C6H19NO18P4. The van der Waals surface area contributed by atoms with Gasteiger partial charge >= 0.3 is 31.3 Å². The molecule has 0 spiro atoms. The monoisotopic (exact) mass is 517 g/mol. The zero-order valence-corrected chi connectivity index (χ0v) is 17.3. The maximum absolute atomic E-state index is 11.1. The van der Waals surface area contributed by atoms with E-state index in [4.69, 9.17) is 39.1 Å². The van der Waals surface area contributed by atoms with Gasteiger partial charge in [-0.3, -0.25) is 18.1 Å². The van der Waals surface area contributed by atoms with Crippen LogP contribution in [0.25, 0.3) is 0 Å². The highest BCUT2D eigenvalue weighted by molar-refractivity contribution is 7.47. The normalized spacial score (nSPS) is 31.9. The molecule has 0 unspecified atom stereocenters. The van der Waals surface area contributed by atoms with Gasteiger partial charge in [-0.25, -0.2) is 18.3 Å². The highest BCUT2D eigenvalue weighted by Crippen LogP contribution is 2.52. The van der Waals surface area contributed by atoms with Crippen molar-refractivity contribution in [1.82, 2.24) is 6.15 Å². The first-order valence-electron chi connectivity index (χ1n) is 6.52. The lowest BCUT2D eigenvalue weighted by Gasteiger charge is -2.45. The van der Waals surface area contributed by atoms with Crippen LogP contribution in [-0.4, -0.2) is 86.0 Å². The number of aliphatic hydroxyl groups excluding tert-OH is 2. The Morgan fingerprint density at radius 2 is 0.621 bits per heavy atom. The van der Waals surface area contributed by atoms with Crippen LogP contribution < -0.4 is 6.15 Å². The first kappa shape index (κ1) is 29.3. The van der Waals surface area contributed by atoms with Crippen LogP contribution in [0.5, 0.6) is 0 Å². The van der Waals surface area contributed by atoms with Crippen LogP contribution in [0.1, 0.15) is 0 Å². The van der Waals surface area contributed by atoms with E-state index >= 15 is 0 Å². The second-order valence-corrected chi connectivity index (χ2v) is 9.99. The van der Waals surface area contributed by atoms with E-state index in [1.54, 1.807) is 0 Å². The fourth-order valence-electron chi connectivity index (χ4n) is 2.27. The van der Waals surface area contributed by atoms with E-state index in [0.29, 0.717) is 0 Å². The zero-order valence-electron chi connectivity index (χ0n) is 13.7. The summed E-state index contributed by atoms with van der Waals surface area (Å²) in [6, 6.07) is 0. The molecule has 0 aromatic rings. The minimum atomic E-state index is -5.67. The topological polar surface area (TPSA) is 342 Å². The van der Waals surface area contributed by atoms with Gasteiger partial charge in [0.05, 0.1) is 0 Å². The lowest BCUT2D eigenvalue weighted by Crippen LogP contribution is -2.65. The molecule has 0 amide bonds. The molecule has 0 bridgehead atoms. The van der Waals surface area contributed by atoms with Crippen molar-refractivity contribution in [3.05, 3.63) is 0 Å². The first-order chi connectivity index (χ1) is 12.2. The Hall–Kier alpha value is 0.320. The maximum Gasteiger partial charge on any atom is 0.470 e. The van der Waals surface area contributed by atoms with Crippen LogP contribution in [-0.2, 0) is 36.4 Å². The van der Waals surface area contributed by atoms with Gasteiger partial charge in [0.2, 0.25) is 0 Å². The van der Waals surface area contributed by atoms with Crippen LogP contribution in [0.3, 0.4) is 0 Å². The van der Waals surface area contributed by atoms with E-state index in [1.807, 2.05) is 0 Å². The van der Waals surface area contributed by atoms with Gasteiger partial charge in [-0.1, -0.05) is 0 Å². The van der Waals surface area contributed by atoms with Crippen molar-refractivity contribution in [3.8, 4) is 0 Å². The second-order valence-electron chi connectivity index (χ2n) is 5.22. The van der Waals surface area contributed by atoms with Crippen molar-refractivity contribution in [2.75, 3.05) is 0 Å². The van der Waals surface area contributed by atoms with Crippen LogP contribution in [0.4, 0.5) is 0 Å². The summed E-state index contributed by atoms with van der Waals surface area (Å²) in [5, 5.41) is 19.8. The summed E-state index contributed by atoms with van der Waals surface area (Å²) in [5.74, 6) is 0. The van der Waals surface area contributed by atoms with Gasteiger partial charge in [0.25, 0.3) is 0 Å². The number of rotatable bonds is 8. The van der Waals surface area contributed by atoms with Crippen LogP contribution >= 0.6 is 31.3 Å². The molecular weight excluding hydrogens is 498 g/mol. The van der Waals surface area contributed by atoms with Crippen molar-refractivity contribution in [2.45, 2.75) is 36.6 Å². The Bertz CT molecular complexity index is 671. The van der Waals surface area contributed by atoms with Gasteiger partial charge in [0.1, 0.15) is 36.6 Å². The van der Waals surface area contributed by atoms with Gasteiger partial charge < -0.3 is 55.5 Å². The summed E-state index contributed by atoms with van der Waals surface area (Å²) in [5.41, 5.74) is 0. The fraction of sp³-hybridized carbons (Fsp3) is 1.00. The highest BCUT2D eigenvalue weighted by Gasteiger charge is 2.58. The lowest BCUT2D eigenvalue weighted by molar-refractivity contribution is -0.209. The average molecular weight is 517 g/mol. The molecule has 6 atom stereocenters. The summed E-state index contributed by atoms with van der Waals surface area (Å²) >= 11 is 0. The number of hydrogen-bond donors (Lipinski definition) is 11. The molecule has 0 aromatic heterocycles. The molecule has 1 fully saturated rings. The Balaban J connectivity index is 0.00000784. The van der Waals surface area contributed by atoms with Gasteiger partial charge in [-0.05, 0) is 0 Å². The predicted molar refractivity (Wildman–Crippen MR) is 84.7 cm³/mol. The summed E-state index contributed by atoms with van der Waals surface area (Å²) in [6.45, 7) is 0. The van der Waals surface area contributed by atoms with Gasteiger partial charge in [-0.2, -0.15) is 0 Å². The van der Waals surface area contributed by atoms with E-state index < -0.39 is 67.9 Å². The van der Waals surface area contributed by atoms with Crippen molar-refractivity contribution in [1.29, 1.82) is 0 Å². The summed E-state index contributed by atoms with van der Waals surface area (Å²) in [6.07, 6.45) is -15.9. The Labute approximate surface area is 160 Å². The molecule has 23 heteroatoms. The quantitative estimate of drug-likeness (QED) is 0.141. The molecule has 0 heterocycles. The SMILES string of the molecule is N.O=P(O)(O)O[C@@H]1[C@H](OP(=O)(O)O)[C@@H](OP(=O)(O)O)[C@H](O)[C@H](O)[C@@H]1OP(=O)(O)O. The molecule has 1 rings (SSSR count). The Morgan fingerprint density at radius 1 is 0.448 bits per heavy atom. The van der Waals surface area contributed by atoms with Gasteiger partial charge in [-0.15, -0.1) is 0 Å². The molecule has 1 saturated carbocycles. The predicted octanol–water partition coefficient (Wildman–Crippen LogP) is -3.20. The van der Waals surface area contributed by atoms with Crippen molar-refractivity contribution in [3.63, 3.8) is 0 Å². The van der Waals surface area contributed by atoms with E-state index in [-0.39, 0.29) is 6.15 Å². The third-order valence-corrected chi connectivity index (χ3v) is 5.10. The smallest absolute Gasteiger partial charge is 0.387 e. The third-order valence-electron chi connectivity index (χ3n) is 3.03. The first-order valence-corrected chi connectivity index (χ1v) is 12.6. The molecule has 0 radical (unpaired) electrons. The number of aliphatic hydroxyl groups is 2. The number of phosphoric acid groups is 4. The standard InChI is InChI=1S/C6H16O18P4.H3N/c7-1-2(8)4(22-26(12,13)14)6(24-28(18,19)20)5(23-27(15,16)17)3(1)21-25(9,10)11;/h1-8H,(H2,9,10,11)(H2,12,13,14)(H2,15,16,17)(H2,18,19,20);1H3/t1-,2+,3-,4-,5-,6+;/m0./s1. The van der Waals surface area contributed by atoms with Crippen LogP contribution in [0.2, 0.25) is 0 Å². The molecule has 0 saturated heterocycles. The Morgan fingerprint density at radius 3 is 0.793 bits per heavy atom. The summed E-state index contributed by atoms with van der Waals surface area (Å²) in [7, 11) is -22.5. The molecule has 19 nitrogen and oxygen atoms in total. The molecule has 29 heavy (non-hydrogen) atoms.